The maximum absolute atomic E-state index is 5.89. The normalized spacial score (nSPS) is 17.0. The highest BCUT2D eigenvalue weighted by molar-refractivity contribution is 5.04. The molecule has 2 aromatic rings. The first-order chi connectivity index (χ1) is 8.76. The predicted molar refractivity (Wildman–Crippen MR) is 62.6 cm³/mol. The van der Waals surface area contributed by atoms with Crippen molar-refractivity contribution in [1.82, 2.24) is 25.1 Å². The molecule has 3 rings (SSSR count). The topological polar surface area (TPSA) is 95.7 Å². The van der Waals surface area contributed by atoms with Crippen molar-refractivity contribution in [3.8, 4) is 0 Å². The molecular weight excluding hydrogens is 232 g/mol. The molecule has 0 spiro atoms. The Labute approximate surface area is 104 Å². The molecule has 1 fully saturated rings. The fourth-order valence-corrected chi connectivity index (χ4v) is 1.75. The van der Waals surface area contributed by atoms with E-state index in [0.717, 1.165) is 30.8 Å². The molecule has 1 aliphatic rings. The van der Waals surface area contributed by atoms with E-state index in [0.29, 0.717) is 18.4 Å². The van der Waals surface area contributed by atoms with Gasteiger partial charge < -0.3 is 10.3 Å². The van der Waals surface area contributed by atoms with Crippen molar-refractivity contribution in [2.45, 2.75) is 44.7 Å². The van der Waals surface area contributed by atoms with Crippen LogP contribution in [-0.2, 0) is 6.54 Å². The summed E-state index contributed by atoms with van der Waals surface area (Å²) in [6.45, 7) is 2.47. The van der Waals surface area contributed by atoms with E-state index in [9.17, 15) is 0 Å². The summed E-state index contributed by atoms with van der Waals surface area (Å²) in [5.74, 6) is 1.89. The average Bonchev–Trinajstić information content (AvgIpc) is 2.96. The second kappa shape index (κ2) is 4.49. The minimum absolute atomic E-state index is 0.0662. The van der Waals surface area contributed by atoms with Gasteiger partial charge in [-0.1, -0.05) is 17.3 Å². The van der Waals surface area contributed by atoms with Gasteiger partial charge in [0.25, 0.3) is 0 Å². The first-order valence-electron chi connectivity index (χ1n) is 6.24. The quantitative estimate of drug-likeness (QED) is 0.847. The number of aromatic nitrogens is 5. The second-order valence-electron chi connectivity index (χ2n) is 4.68. The molecule has 1 atom stereocenters. The maximum Gasteiger partial charge on any atom is 0.248 e. The van der Waals surface area contributed by atoms with Gasteiger partial charge in [-0.05, 0) is 19.3 Å². The highest BCUT2D eigenvalue weighted by atomic mass is 16.5. The fraction of sp³-hybridized carbons (Fsp3) is 0.636. The van der Waals surface area contributed by atoms with Crippen LogP contribution in [-0.4, -0.2) is 25.1 Å². The number of nitrogens with zero attached hydrogens (tertiary/aromatic N) is 5. The fourth-order valence-electron chi connectivity index (χ4n) is 1.75. The molecule has 1 aliphatic carbocycles. The van der Waals surface area contributed by atoms with Gasteiger partial charge in [0.1, 0.15) is 6.54 Å². The van der Waals surface area contributed by atoms with Gasteiger partial charge in [-0.25, -0.2) is 4.68 Å². The Morgan fingerprint density at radius 2 is 2.39 bits per heavy atom. The summed E-state index contributed by atoms with van der Waals surface area (Å²) >= 11 is 0. The van der Waals surface area contributed by atoms with Crippen molar-refractivity contribution in [3.63, 3.8) is 0 Å². The Hall–Kier alpha value is -1.76. The Bertz CT molecular complexity index is 529. The number of hydrogen-bond acceptors (Lipinski definition) is 6. The van der Waals surface area contributed by atoms with Crippen LogP contribution in [0.1, 0.15) is 55.6 Å². The van der Waals surface area contributed by atoms with Crippen molar-refractivity contribution >= 4 is 0 Å². The van der Waals surface area contributed by atoms with Crippen LogP contribution in [0.2, 0.25) is 0 Å². The molecule has 0 saturated heterocycles. The largest absolute Gasteiger partial charge is 0.337 e. The standard InChI is InChI=1S/C11H16N6O/c1-2-8(12)9-5-17(16-14-9)6-10-13-11(15-18-10)7-3-4-7/h5,7-8H,2-4,6,12H2,1H3. The van der Waals surface area contributed by atoms with Gasteiger partial charge in [-0.2, -0.15) is 4.98 Å². The van der Waals surface area contributed by atoms with Crippen LogP contribution in [0, 0.1) is 0 Å². The summed E-state index contributed by atoms with van der Waals surface area (Å²) in [4.78, 5) is 4.34. The highest BCUT2D eigenvalue weighted by Crippen LogP contribution is 2.38. The predicted octanol–water partition coefficient (Wildman–Crippen LogP) is 0.997. The second-order valence-corrected chi connectivity index (χ2v) is 4.68. The summed E-state index contributed by atoms with van der Waals surface area (Å²) in [7, 11) is 0. The van der Waals surface area contributed by atoms with E-state index >= 15 is 0 Å². The summed E-state index contributed by atoms with van der Waals surface area (Å²) in [6, 6.07) is -0.0662. The summed E-state index contributed by atoms with van der Waals surface area (Å²) in [6.07, 6.45) is 5.00. The van der Waals surface area contributed by atoms with Crippen LogP contribution in [0.3, 0.4) is 0 Å². The van der Waals surface area contributed by atoms with Gasteiger partial charge >= 0.3 is 0 Å². The zero-order valence-corrected chi connectivity index (χ0v) is 10.3. The third kappa shape index (κ3) is 2.26. The van der Waals surface area contributed by atoms with Crippen molar-refractivity contribution in [3.05, 3.63) is 23.6 Å². The SMILES string of the molecule is CCC(N)c1cn(Cc2nc(C3CC3)no2)nn1. The van der Waals surface area contributed by atoms with E-state index in [1.54, 1.807) is 4.68 Å². The minimum atomic E-state index is -0.0662. The molecular formula is C11H16N6O. The number of hydrogen-bond donors (Lipinski definition) is 1. The van der Waals surface area contributed by atoms with E-state index in [2.05, 4.69) is 20.5 Å². The molecule has 0 radical (unpaired) electrons. The third-order valence-electron chi connectivity index (χ3n) is 3.10. The molecule has 1 unspecified atom stereocenters. The third-order valence-corrected chi connectivity index (χ3v) is 3.10. The summed E-state index contributed by atoms with van der Waals surface area (Å²) < 4.78 is 6.86. The van der Waals surface area contributed by atoms with Gasteiger partial charge in [0.15, 0.2) is 5.82 Å². The molecule has 18 heavy (non-hydrogen) atoms. The lowest BCUT2D eigenvalue weighted by Crippen LogP contribution is -2.08. The Kier molecular flexibility index (Phi) is 2.83. The molecule has 0 aliphatic heterocycles. The molecule has 96 valence electrons. The van der Waals surface area contributed by atoms with Crippen LogP contribution in [0.25, 0.3) is 0 Å². The lowest BCUT2D eigenvalue weighted by atomic mass is 10.2. The van der Waals surface area contributed by atoms with Gasteiger partial charge in [-0.3, -0.25) is 0 Å². The van der Waals surface area contributed by atoms with E-state index in [1.807, 2.05) is 13.1 Å². The first-order valence-corrected chi connectivity index (χ1v) is 6.24. The van der Waals surface area contributed by atoms with Crippen LogP contribution in [0.4, 0.5) is 0 Å². The Morgan fingerprint density at radius 3 is 3.11 bits per heavy atom. The zero-order valence-electron chi connectivity index (χ0n) is 10.3. The van der Waals surface area contributed by atoms with E-state index in [1.165, 1.54) is 0 Å². The monoisotopic (exact) mass is 248 g/mol. The molecule has 0 aromatic carbocycles. The van der Waals surface area contributed by atoms with Gasteiger partial charge in [0, 0.05) is 5.92 Å². The molecule has 0 amide bonds. The molecule has 2 heterocycles. The van der Waals surface area contributed by atoms with Crippen LogP contribution in [0.15, 0.2) is 10.7 Å². The smallest absolute Gasteiger partial charge is 0.248 e. The molecule has 2 aromatic heterocycles. The van der Waals surface area contributed by atoms with Crippen molar-refractivity contribution in [2.24, 2.45) is 5.73 Å². The molecule has 1 saturated carbocycles. The highest BCUT2D eigenvalue weighted by Gasteiger charge is 2.28. The van der Waals surface area contributed by atoms with E-state index < -0.39 is 0 Å². The van der Waals surface area contributed by atoms with E-state index in [4.69, 9.17) is 10.3 Å². The average molecular weight is 248 g/mol. The minimum Gasteiger partial charge on any atom is -0.337 e. The van der Waals surface area contributed by atoms with Crippen LogP contribution < -0.4 is 5.73 Å². The summed E-state index contributed by atoms with van der Waals surface area (Å²) in [5, 5.41) is 12.0. The lowest BCUT2D eigenvalue weighted by molar-refractivity contribution is 0.360. The zero-order chi connectivity index (χ0) is 12.5. The molecule has 0 bridgehead atoms. The Balaban J connectivity index is 1.69. The van der Waals surface area contributed by atoms with Crippen molar-refractivity contribution < 1.29 is 4.52 Å². The van der Waals surface area contributed by atoms with Crippen LogP contribution in [0.5, 0.6) is 0 Å². The Morgan fingerprint density at radius 1 is 1.56 bits per heavy atom. The maximum atomic E-state index is 5.89. The molecule has 7 nitrogen and oxygen atoms in total. The summed E-state index contributed by atoms with van der Waals surface area (Å²) in [5.41, 5.74) is 6.68. The van der Waals surface area contributed by atoms with Crippen molar-refractivity contribution in [1.29, 1.82) is 0 Å². The first kappa shape index (κ1) is 11.3. The van der Waals surface area contributed by atoms with Crippen LogP contribution >= 0.6 is 0 Å². The lowest BCUT2D eigenvalue weighted by Gasteiger charge is -2.01. The van der Waals surface area contributed by atoms with Crippen molar-refractivity contribution in [2.75, 3.05) is 0 Å². The van der Waals surface area contributed by atoms with Gasteiger partial charge in [0.2, 0.25) is 5.89 Å². The number of nitrogens with two attached hydrogens (primary N) is 1. The number of rotatable bonds is 5. The van der Waals surface area contributed by atoms with E-state index in [-0.39, 0.29) is 6.04 Å². The molecule has 7 heteroatoms. The molecule has 2 N–H and O–H groups in total. The van der Waals surface area contributed by atoms with Gasteiger partial charge in [0.05, 0.1) is 17.9 Å². The van der Waals surface area contributed by atoms with Gasteiger partial charge in [-0.15, -0.1) is 5.10 Å².